The summed E-state index contributed by atoms with van der Waals surface area (Å²) in [6.07, 6.45) is 3.85. The van der Waals surface area contributed by atoms with Crippen LogP contribution in [0.5, 0.6) is 5.75 Å². The fourth-order valence-electron chi connectivity index (χ4n) is 2.66. The second-order valence-corrected chi connectivity index (χ2v) is 5.82. The molecule has 2 N–H and O–H groups in total. The Hall–Kier alpha value is -2.41. The van der Waals surface area contributed by atoms with Gasteiger partial charge in [-0.2, -0.15) is 0 Å². The van der Waals surface area contributed by atoms with Gasteiger partial charge in [-0.15, -0.1) is 0 Å². The van der Waals surface area contributed by atoms with Crippen LogP contribution in [-0.2, 0) is 6.61 Å². The van der Waals surface area contributed by atoms with E-state index in [2.05, 4.69) is 10.3 Å². The highest BCUT2D eigenvalue weighted by molar-refractivity contribution is 5.92. The fourth-order valence-corrected chi connectivity index (χ4v) is 2.66. The van der Waals surface area contributed by atoms with Crippen molar-refractivity contribution in [3.63, 3.8) is 0 Å². The quantitative estimate of drug-likeness (QED) is 0.877. The van der Waals surface area contributed by atoms with Crippen LogP contribution in [0.15, 0.2) is 34.9 Å². The molecule has 128 valence electrons. The van der Waals surface area contributed by atoms with E-state index in [1.54, 1.807) is 12.1 Å². The fraction of sp³-hybridized carbons (Fsp3) is 0.412. The lowest BCUT2D eigenvalue weighted by molar-refractivity contribution is 0.0863. The number of benzene rings is 1. The number of para-hydroxylation sites is 1. The van der Waals surface area contributed by atoms with Gasteiger partial charge in [-0.25, -0.2) is 9.37 Å². The molecule has 0 unspecified atom stereocenters. The first-order valence-corrected chi connectivity index (χ1v) is 7.92. The smallest absolute Gasteiger partial charge is 0.273 e. The van der Waals surface area contributed by atoms with Gasteiger partial charge in [-0.05, 0) is 37.8 Å². The van der Waals surface area contributed by atoms with Crippen LogP contribution in [0.25, 0.3) is 0 Å². The van der Waals surface area contributed by atoms with Crippen molar-refractivity contribution in [2.45, 2.75) is 44.4 Å². The Balaban J connectivity index is 1.53. The number of nitrogens with zero attached hydrogens (tertiary/aromatic N) is 1. The predicted octanol–water partition coefficient (Wildman–Crippen LogP) is 2.43. The Morgan fingerprint density at radius 1 is 1.33 bits per heavy atom. The maximum absolute atomic E-state index is 13.5. The second-order valence-electron chi connectivity index (χ2n) is 5.82. The number of rotatable bonds is 5. The van der Waals surface area contributed by atoms with Crippen molar-refractivity contribution in [2.75, 3.05) is 0 Å². The lowest BCUT2D eigenvalue weighted by Crippen LogP contribution is -2.38. The van der Waals surface area contributed by atoms with Crippen molar-refractivity contribution in [2.24, 2.45) is 0 Å². The molecule has 1 fully saturated rings. The van der Waals surface area contributed by atoms with E-state index in [1.807, 2.05) is 0 Å². The monoisotopic (exact) mass is 334 g/mol. The molecule has 3 rings (SSSR count). The molecular formula is C17H19FN2O4. The number of carbonyl (C=O) groups is 1. The molecule has 0 spiro atoms. The number of aliphatic hydroxyl groups is 1. The van der Waals surface area contributed by atoms with Crippen LogP contribution in [0.3, 0.4) is 0 Å². The van der Waals surface area contributed by atoms with Crippen molar-refractivity contribution in [1.82, 2.24) is 10.3 Å². The van der Waals surface area contributed by atoms with Crippen molar-refractivity contribution in [3.8, 4) is 5.75 Å². The zero-order chi connectivity index (χ0) is 16.9. The summed E-state index contributed by atoms with van der Waals surface area (Å²) in [4.78, 5) is 16.2. The number of halogens is 1. The molecule has 1 aromatic carbocycles. The zero-order valence-electron chi connectivity index (χ0n) is 13.1. The van der Waals surface area contributed by atoms with Gasteiger partial charge in [0.05, 0.1) is 6.10 Å². The maximum atomic E-state index is 13.5. The molecule has 0 atom stereocenters. The standard InChI is InChI=1S/C17H19FN2O4/c18-13-3-1-2-4-15(13)23-10-16-20-14(9-24-16)17(22)19-11-5-7-12(21)8-6-11/h1-4,9,11-12,21H,5-8,10H2,(H,19,22). The molecule has 2 aromatic rings. The first-order chi connectivity index (χ1) is 11.6. The van der Waals surface area contributed by atoms with Crippen molar-refractivity contribution in [1.29, 1.82) is 0 Å². The number of aliphatic hydroxyl groups excluding tert-OH is 1. The molecule has 1 aliphatic rings. The number of amides is 1. The minimum absolute atomic E-state index is 0.0377. The molecule has 0 saturated heterocycles. The summed E-state index contributed by atoms with van der Waals surface area (Å²) < 4.78 is 23.9. The topological polar surface area (TPSA) is 84.6 Å². The van der Waals surface area contributed by atoms with Gasteiger partial charge in [0.1, 0.15) is 6.26 Å². The summed E-state index contributed by atoms with van der Waals surface area (Å²) in [6, 6.07) is 6.07. The molecule has 1 aliphatic carbocycles. The predicted molar refractivity (Wildman–Crippen MR) is 83.0 cm³/mol. The van der Waals surface area contributed by atoms with E-state index in [-0.39, 0.29) is 42.0 Å². The second kappa shape index (κ2) is 7.44. The largest absolute Gasteiger partial charge is 0.481 e. The number of hydrogen-bond acceptors (Lipinski definition) is 5. The van der Waals surface area contributed by atoms with E-state index in [4.69, 9.17) is 9.15 Å². The van der Waals surface area contributed by atoms with Crippen LogP contribution in [0, 0.1) is 5.82 Å². The van der Waals surface area contributed by atoms with Crippen molar-refractivity contribution in [3.05, 3.63) is 47.9 Å². The van der Waals surface area contributed by atoms with Crippen LogP contribution < -0.4 is 10.1 Å². The average Bonchev–Trinajstić information content (AvgIpc) is 3.05. The van der Waals surface area contributed by atoms with Gasteiger partial charge < -0.3 is 19.6 Å². The van der Waals surface area contributed by atoms with Crippen LogP contribution in [0.2, 0.25) is 0 Å². The maximum Gasteiger partial charge on any atom is 0.273 e. The molecule has 0 aliphatic heterocycles. The van der Waals surface area contributed by atoms with E-state index in [9.17, 15) is 14.3 Å². The number of aromatic nitrogens is 1. The van der Waals surface area contributed by atoms with E-state index in [0.29, 0.717) is 12.8 Å². The number of ether oxygens (including phenoxy) is 1. The molecule has 7 heteroatoms. The minimum atomic E-state index is -0.471. The Morgan fingerprint density at radius 2 is 2.08 bits per heavy atom. The molecule has 0 bridgehead atoms. The van der Waals surface area contributed by atoms with Crippen LogP contribution >= 0.6 is 0 Å². The number of hydrogen-bond donors (Lipinski definition) is 2. The van der Waals surface area contributed by atoms with Gasteiger partial charge in [0, 0.05) is 6.04 Å². The summed E-state index contributed by atoms with van der Waals surface area (Å²) in [7, 11) is 0. The number of nitrogens with one attached hydrogen (secondary N) is 1. The van der Waals surface area contributed by atoms with Gasteiger partial charge in [-0.3, -0.25) is 4.79 Å². The van der Waals surface area contributed by atoms with Gasteiger partial charge >= 0.3 is 0 Å². The molecule has 24 heavy (non-hydrogen) atoms. The first kappa shape index (κ1) is 16.4. The third kappa shape index (κ3) is 4.11. The van der Waals surface area contributed by atoms with Gasteiger partial charge in [-0.1, -0.05) is 12.1 Å². The Morgan fingerprint density at radius 3 is 2.83 bits per heavy atom. The number of oxazole rings is 1. The first-order valence-electron chi connectivity index (χ1n) is 7.92. The molecule has 1 heterocycles. The SMILES string of the molecule is O=C(NC1CCC(O)CC1)c1coc(COc2ccccc2F)n1. The molecule has 0 radical (unpaired) electrons. The summed E-state index contributed by atoms with van der Waals surface area (Å²) >= 11 is 0. The number of carbonyl (C=O) groups excluding carboxylic acids is 1. The Kier molecular flexibility index (Phi) is 5.10. The summed E-state index contributed by atoms with van der Waals surface area (Å²) in [6.45, 7) is -0.0656. The molecule has 6 nitrogen and oxygen atoms in total. The highest BCUT2D eigenvalue weighted by atomic mass is 19.1. The van der Waals surface area contributed by atoms with E-state index >= 15 is 0 Å². The van der Waals surface area contributed by atoms with Crippen molar-refractivity contribution >= 4 is 5.91 Å². The van der Waals surface area contributed by atoms with Crippen LogP contribution in [0.1, 0.15) is 42.1 Å². The third-order valence-electron chi connectivity index (χ3n) is 4.00. The highest BCUT2D eigenvalue weighted by Crippen LogP contribution is 2.19. The van der Waals surface area contributed by atoms with E-state index in [1.165, 1.54) is 18.4 Å². The Bertz CT molecular complexity index is 695. The van der Waals surface area contributed by atoms with Gasteiger partial charge in [0.25, 0.3) is 5.91 Å². The average molecular weight is 334 g/mol. The normalized spacial score (nSPS) is 20.6. The van der Waals surface area contributed by atoms with E-state index < -0.39 is 5.82 Å². The van der Waals surface area contributed by atoms with Crippen molar-refractivity contribution < 1.29 is 23.4 Å². The third-order valence-corrected chi connectivity index (χ3v) is 4.00. The zero-order valence-corrected chi connectivity index (χ0v) is 13.1. The van der Waals surface area contributed by atoms with E-state index in [0.717, 1.165) is 12.8 Å². The molecule has 1 aromatic heterocycles. The highest BCUT2D eigenvalue weighted by Gasteiger charge is 2.22. The van der Waals surface area contributed by atoms with Crippen LogP contribution in [-0.4, -0.2) is 28.1 Å². The summed E-state index contributed by atoms with van der Waals surface area (Å²) in [5, 5.41) is 12.4. The molecule has 1 saturated carbocycles. The molecule has 1 amide bonds. The minimum Gasteiger partial charge on any atom is -0.481 e. The molecular weight excluding hydrogens is 315 g/mol. The van der Waals surface area contributed by atoms with Gasteiger partial charge in [0.2, 0.25) is 5.89 Å². The van der Waals surface area contributed by atoms with Crippen LogP contribution in [0.4, 0.5) is 4.39 Å². The summed E-state index contributed by atoms with van der Waals surface area (Å²) in [5.41, 5.74) is 0.160. The Labute approximate surface area is 138 Å². The lowest BCUT2D eigenvalue weighted by Gasteiger charge is -2.25. The van der Waals surface area contributed by atoms with Gasteiger partial charge in [0.15, 0.2) is 23.9 Å². The summed E-state index contributed by atoms with van der Waals surface area (Å²) in [5.74, 6) is -0.497. The lowest BCUT2D eigenvalue weighted by atomic mass is 9.93.